The van der Waals surface area contributed by atoms with Crippen LogP contribution >= 0.6 is 23.2 Å². The summed E-state index contributed by atoms with van der Waals surface area (Å²) in [6, 6.07) is 5.14. The van der Waals surface area contributed by atoms with Crippen LogP contribution in [0.5, 0.6) is 0 Å². The van der Waals surface area contributed by atoms with E-state index in [1.807, 2.05) is 0 Å². The number of aromatic amines is 1. The van der Waals surface area contributed by atoms with E-state index in [0.717, 1.165) is 42.5 Å². The van der Waals surface area contributed by atoms with E-state index in [0.29, 0.717) is 21.5 Å². The van der Waals surface area contributed by atoms with Gasteiger partial charge in [-0.3, -0.25) is 9.89 Å². The molecule has 3 rings (SSSR count). The first-order valence-electron chi connectivity index (χ1n) is 7.42. The van der Waals surface area contributed by atoms with Gasteiger partial charge in [0.15, 0.2) is 5.69 Å². The molecule has 120 valence electrons. The number of H-pyrrole nitrogens is 1. The molecule has 1 aliphatic carbocycles. The lowest BCUT2D eigenvalue weighted by atomic mass is 9.96. The van der Waals surface area contributed by atoms with Crippen LogP contribution in [-0.4, -0.2) is 21.8 Å². The summed E-state index contributed by atoms with van der Waals surface area (Å²) in [5.41, 5.74) is 6.37. The van der Waals surface area contributed by atoms with E-state index in [4.69, 9.17) is 23.2 Å². The van der Waals surface area contributed by atoms with E-state index in [2.05, 4.69) is 20.7 Å². The predicted octanol–water partition coefficient (Wildman–Crippen LogP) is 3.75. The lowest BCUT2D eigenvalue weighted by molar-refractivity contribution is 0.0949. The maximum atomic E-state index is 12.3. The number of benzene rings is 1. The lowest BCUT2D eigenvalue weighted by Gasteiger charge is -2.10. The van der Waals surface area contributed by atoms with Crippen molar-refractivity contribution in [2.75, 3.05) is 0 Å². The molecule has 0 bridgehead atoms. The number of nitrogens with zero attached hydrogens (tertiary/aromatic N) is 2. The molecule has 2 aromatic rings. The summed E-state index contributed by atoms with van der Waals surface area (Å²) in [5.74, 6) is -0.311. The first-order chi connectivity index (χ1) is 11.1. The summed E-state index contributed by atoms with van der Waals surface area (Å²) < 4.78 is 0. The Kier molecular flexibility index (Phi) is 4.68. The van der Waals surface area contributed by atoms with Gasteiger partial charge in [-0.2, -0.15) is 10.2 Å². The summed E-state index contributed by atoms with van der Waals surface area (Å²) in [6.07, 6.45) is 4.02. The SMILES string of the molecule is C/C(=N\NC(=O)c1n[nH]c2c1CCCC2)c1ccc(Cl)cc1Cl. The molecule has 2 N–H and O–H groups in total. The highest BCUT2D eigenvalue weighted by molar-refractivity contribution is 6.37. The highest BCUT2D eigenvalue weighted by atomic mass is 35.5. The van der Waals surface area contributed by atoms with Crippen LogP contribution in [0.1, 0.15) is 47.1 Å². The fourth-order valence-corrected chi connectivity index (χ4v) is 3.24. The van der Waals surface area contributed by atoms with Gasteiger partial charge in [-0.15, -0.1) is 0 Å². The van der Waals surface area contributed by atoms with Crippen molar-refractivity contribution in [1.82, 2.24) is 15.6 Å². The average Bonchev–Trinajstić information content (AvgIpc) is 2.96. The van der Waals surface area contributed by atoms with Crippen LogP contribution in [0.2, 0.25) is 10.0 Å². The molecule has 1 aromatic carbocycles. The Labute approximate surface area is 144 Å². The Hall–Kier alpha value is -1.85. The van der Waals surface area contributed by atoms with Crippen molar-refractivity contribution in [2.45, 2.75) is 32.6 Å². The first kappa shape index (κ1) is 16.0. The summed E-state index contributed by atoms with van der Waals surface area (Å²) in [5, 5.41) is 12.2. The van der Waals surface area contributed by atoms with Gasteiger partial charge in [0, 0.05) is 21.8 Å². The number of rotatable bonds is 3. The molecule has 0 aliphatic heterocycles. The van der Waals surface area contributed by atoms with Crippen molar-refractivity contribution < 1.29 is 4.79 Å². The van der Waals surface area contributed by atoms with Crippen molar-refractivity contribution in [3.8, 4) is 0 Å². The van der Waals surface area contributed by atoms with Gasteiger partial charge in [-0.25, -0.2) is 5.43 Å². The van der Waals surface area contributed by atoms with Crippen LogP contribution in [0, 0.1) is 0 Å². The molecular weight excluding hydrogens is 335 g/mol. The van der Waals surface area contributed by atoms with Crippen molar-refractivity contribution in [1.29, 1.82) is 0 Å². The number of hydrogen-bond donors (Lipinski definition) is 2. The van der Waals surface area contributed by atoms with Gasteiger partial charge in [0.1, 0.15) is 0 Å². The number of carbonyl (C=O) groups excluding carboxylic acids is 1. The fourth-order valence-electron chi connectivity index (χ4n) is 2.70. The number of aryl methyl sites for hydroxylation is 1. The normalized spacial score (nSPS) is 14.5. The summed E-state index contributed by atoms with van der Waals surface area (Å²) >= 11 is 12.0. The molecule has 0 saturated carbocycles. The monoisotopic (exact) mass is 350 g/mol. The minimum atomic E-state index is -0.311. The van der Waals surface area contributed by atoms with E-state index in [1.165, 1.54) is 0 Å². The Bertz CT molecular complexity index is 782. The fraction of sp³-hybridized carbons (Fsp3) is 0.312. The molecule has 0 atom stereocenters. The topological polar surface area (TPSA) is 70.1 Å². The van der Waals surface area contributed by atoms with E-state index in [9.17, 15) is 4.79 Å². The number of hydrazone groups is 1. The quantitative estimate of drug-likeness (QED) is 0.653. The molecule has 1 heterocycles. The summed E-state index contributed by atoms with van der Waals surface area (Å²) in [4.78, 5) is 12.3. The van der Waals surface area contributed by atoms with Gasteiger partial charge >= 0.3 is 0 Å². The van der Waals surface area contributed by atoms with Crippen molar-refractivity contribution in [2.24, 2.45) is 5.10 Å². The molecule has 1 amide bonds. The van der Waals surface area contributed by atoms with Crippen molar-refractivity contribution >= 4 is 34.8 Å². The van der Waals surface area contributed by atoms with Crippen LogP contribution in [0.4, 0.5) is 0 Å². The highest BCUT2D eigenvalue weighted by Gasteiger charge is 2.21. The average molecular weight is 351 g/mol. The van der Waals surface area contributed by atoms with E-state index < -0.39 is 0 Å². The number of fused-ring (bicyclic) bond motifs is 1. The largest absolute Gasteiger partial charge is 0.292 e. The molecule has 0 spiro atoms. The van der Waals surface area contributed by atoms with Crippen molar-refractivity contribution in [3.05, 3.63) is 50.8 Å². The zero-order chi connectivity index (χ0) is 16.4. The number of amides is 1. The third-order valence-corrected chi connectivity index (χ3v) is 4.47. The zero-order valence-electron chi connectivity index (χ0n) is 12.6. The van der Waals surface area contributed by atoms with Gasteiger partial charge in [0.2, 0.25) is 0 Å². The maximum absolute atomic E-state index is 12.3. The number of aromatic nitrogens is 2. The van der Waals surface area contributed by atoms with Crippen LogP contribution in [0.25, 0.3) is 0 Å². The molecule has 1 aliphatic rings. The minimum absolute atomic E-state index is 0.311. The second-order valence-corrected chi connectivity index (χ2v) is 6.34. The standard InChI is InChI=1S/C16H16Cl2N4O/c1-9(11-7-6-10(17)8-13(11)18)19-22-16(23)15-12-4-2-3-5-14(12)20-21-15/h6-8H,2-5H2,1H3,(H,20,21)(H,22,23)/b19-9+. The molecule has 0 unspecified atom stereocenters. The Morgan fingerprint density at radius 1 is 1.30 bits per heavy atom. The van der Waals surface area contributed by atoms with Gasteiger partial charge < -0.3 is 0 Å². The second kappa shape index (κ2) is 6.72. The van der Waals surface area contributed by atoms with Crippen LogP contribution < -0.4 is 5.43 Å². The zero-order valence-corrected chi connectivity index (χ0v) is 14.1. The molecule has 0 saturated heterocycles. The highest BCUT2D eigenvalue weighted by Crippen LogP contribution is 2.23. The molecule has 1 aromatic heterocycles. The van der Waals surface area contributed by atoms with E-state index in [1.54, 1.807) is 25.1 Å². The number of hydrogen-bond acceptors (Lipinski definition) is 3. The van der Waals surface area contributed by atoms with E-state index >= 15 is 0 Å². The number of nitrogens with one attached hydrogen (secondary N) is 2. The second-order valence-electron chi connectivity index (χ2n) is 5.50. The molecule has 5 nitrogen and oxygen atoms in total. The molecule has 23 heavy (non-hydrogen) atoms. The van der Waals surface area contributed by atoms with Gasteiger partial charge in [0.05, 0.1) is 10.7 Å². The van der Waals surface area contributed by atoms with Crippen LogP contribution in [0.3, 0.4) is 0 Å². The third kappa shape index (κ3) is 3.41. The lowest BCUT2D eigenvalue weighted by Crippen LogP contribution is -2.21. The molecule has 7 heteroatoms. The number of halogens is 2. The molecular formula is C16H16Cl2N4O. The van der Waals surface area contributed by atoms with Gasteiger partial charge in [-0.1, -0.05) is 29.3 Å². The summed E-state index contributed by atoms with van der Waals surface area (Å²) in [6.45, 7) is 1.77. The Morgan fingerprint density at radius 2 is 2.09 bits per heavy atom. The van der Waals surface area contributed by atoms with Crippen LogP contribution in [-0.2, 0) is 12.8 Å². The van der Waals surface area contributed by atoms with Crippen molar-refractivity contribution in [3.63, 3.8) is 0 Å². The Balaban J connectivity index is 1.76. The summed E-state index contributed by atoms with van der Waals surface area (Å²) in [7, 11) is 0. The molecule has 0 radical (unpaired) electrons. The minimum Gasteiger partial charge on any atom is -0.281 e. The Morgan fingerprint density at radius 3 is 2.87 bits per heavy atom. The van der Waals surface area contributed by atoms with Gasteiger partial charge in [-0.05, 0) is 44.7 Å². The van der Waals surface area contributed by atoms with Crippen LogP contribution in [0.15, 0.2) is 23.3 Å². The van der Waals surface area contributed by atoms with Gasteiger partial charge in [0.25, 0.3) is 5.91 Å². The van der Waals surface area contributed by atoms with E-state index in [-0.39, 0.29) is 5.91 Å². The maximum Gasteiger partial charge on any atom is 0.292 e. The smallest absolute Gasteiger partial charge is 0.281 e. The third-order valence-electron chi connectivity index (χ3n) is 3.92. The number of carbonyl (C=O) groups is 1. The first-order valence-corrected chi connectivity index (χ1v) is 8.18. The predicted molar refractivity (Wildman–Crippen MR) is 91.4 cm³/mol. The molecule has 0 fully saturated rings.